The van der Waals surface area contributed by atoms with Crippen LogP contribution in [0.25, 0.3) is 0 Å². The Kier molecular flexibility index (Phi) is 14.0. The lowest BCUT2D eigenvalue weighted by Gasteiger charge is -2.38. The smallest absolute Gasteiger partial charge is 0.124 e. The molecule has 0 saturated heterocycles. The second kappa shape index (κ2) is 14.8. The number of hydrogen-bond donors (Lipinski definition) is 0. The predicted octanol–water partition coefficient (Wildman–Crippen LogP) is 10.1. The fourth-order valence-corrected chi connectivity index (χ4v) is 16.4. The summed E-state index contributed by atoms with van der Waals surface area (Å²) in [7, 11) is -3.59. The highest BCUT2D eigenvalue weighted by Gasteiger charge is 2.42. The van der Waals surface area contributed by atoms with Crippen LogP contribution in [0.5, 0.6) is 0 Å². The minimum atomic E-state index is -1.79. The largest absolute Gasteiger partial charge is 0.146 e. The van der Waals surface area contributed by atoms with Gasteiger partial charge in [-0.05, 0) is 84.6 Å². The summed E-state index contributed by atoms with van der Waals surface area (Å²) in [6, 6.07) is 0. The summed E-state index contributed by atoms with van der Waals surface area (Å²) in [5.74, 6) is 19.8. The van der Waals surface area contributed by atoms with E-state index in [1.54, 1.807) is 0 Å². The zero-order valence-corrected chi connectivity index (χ0v) is 28.5. The van der Waals surface area contributed by atoms with E-state index in [0.717, 1.165) is 22.3 Å². The third-order valence-electron chi connectivity index (χ3n) is 7.98. The maximum atomic E-state index is 3.80. The normalized spacial score (nSPS) is 11.4. The molecule has 0 aromatic heterocycles. The third kappa shape index (κ3) is 8.34. The molecule has 0 rings (SSSR count). The first-order chi connectivity index (χ1) is 16.5. The molecule has 2 heteroatoms. The maximum absolute atomic E-state index is 3.80. The van der Waals surface area contributed by atoms with Crippen molar-refractivity contribution in [3.8, 4) is 46.6 Å². The van der Waals surface area contributed by atoms with Crippen molar-refractivity contribution in [2.24, 2.45) is 0 Å². The summed E-state index contributed by atoms with van der Waals surface area (Å²) >= 11 is 0. The zero-order chi connectivity index (χ0) is 28.4. The lowest BCUT2D eigenvalue weighted by atomic mass is 10.1. The SMILES string of the molecule is CC(C)=C(C#CC#CC(C#C[Si](C(C)C)(C(C)C)C(C)C)=C(C)C)C#C[Si](C(C)C)(C(C)C)C(C)C. The monoisotopic (exact) mass is 518 g/mol. The average molecular weight is 519 g/mol. The van der Waals surface area contributed by atoms with Gasteiger partial charge in [-0.3, -0.25) is 0 Å². The maximum Gasteiger partial charge on any atom is 0.146 e. The van der Waals surface area contributed by atoms with E-state index in [1.165, 1.54) is 0 Å². The van der Waals surface area contributed by atoms with Gasteiger partial charge in [0.15, 0.2) is 0 Å². The Labute approximate surface area is 228 Å². The zero-order valence-electron chi connectivity index (χ0n) is 26.5. The van der Waals surface area contributed by atoms with Crippen molar-refractivity contribution in [1.82, 2.24) is 0 Å². The molecule has 0 bridgehead atoms. The van der Waals surface area contributed by atoms with Crippen molar-refractivity contribution in [3.63, 3.8) is 0 Å². The van der Waals surface area contributed by atoms with E-state index in [1.807, 2.05) is 0 Å². The van der Waals surface area contributed by atoms with E-state index in [2.05, 4.69) is 157 Å². The average Bonchev–Trinajstić information content (AvgIpc) is 2.72. The van der Waals surface area contributed by atoms with Gasteiger partial charge in [0.2, 0.25) is 0 Å². The quantitative estimate of drug-likeness (QED) is 0.242. The van der Waals surface area contributed by atoms with Gasteiger partial charge in [0.1, 0.15) is 16.1 Å². The van der Waals surface area contributed by atoms with Gasteiger partial charge >= 0.3 is 0 Å². The highest BCUT2D eigenvalue weighted by atomic mass is 28.3. The molecular formula is C34H54Si2. The van der Waals surface area contributed by atoms with Crippen LogP contribution in [0.3, 0.4) is 0 Å². The van der Waals surface area contributed by atoms with Crippen LogP contribution in [0.1, 0.15) is 111 Å². The van der Waals surface area contributed by atoms with Gasteiger partial charge in [-0.2, -0.15) is 0 Å². The topological polar surface area (TPSA) is 0 Å². The molecule has 0 aliphatic carbocycles. The Balaban J connectivity index is 6.43. The van der Waals surface area contributed by atoms with Gasteiger partial charge in [0.05, 0.1) is 11.1 Å². The summed E-state index contributed by atoms with van der Waals surface area (Å²) < 4.78 is 0. The second-order valence-corrected chi connectivity index (χ2v) is 23.7. The molecular weight excluding hydrogens is 465 g/mol. The molecule has 0 radical (unpaired) electrons. The highest BCUT2D eigenvalue weighted by Crippen LogP contribution is 2.41. The third-order valence-corrected chi connectivity index (χ3v) is 20.6. The van der Waals surface area contributed by atoms with Gasteiger partial charge in [-0.1, -0.05) is 106 Å². The summed E-state index contributed by atoms with van der Waals surface area (Å²) in [4.78, 5) is 0. The van der Waals surface area contributed by atoms with Gasteiger partial charge in [-0.15, -0.1) is 11.1 Å². The van der Waals surface area contributed by atoms with Crippen molar-refractivity contribution < 1.29 is 0 Å². The summed E-state index contributed by atoms with van der Waals surface area (Å²) in [6.07, 6.45) is 0. The van der Waals surface area contributed by atoms with E-state index in [4.69, 9.17) is 0 Å². The lowest BCUT2D eigenvalue weighted by molar-refractivity contribution is 0.838. The Morgan fingerprint density at radius 2 is 0.611 bits per heavy atom. The van der Waals surface area contributed by atoms with Crippen LogP contribution >= 0.6 is 0 Å². The van der Waals surface area contributed by atoms with E-state index >= 15 is 0 Å². The van der Waals surface area contributed by atoms with Crippen LogP contribution in [0.15, 0.2) is 22.3 Å². The summed E-state index contributed by atoms with van der Waals surface area (Å²) in [5, 5.41) is 0. The Bertz CT molecular complexity index is 919. The Morgan fingerprint density at radius 1 is 0.389 bits per heavy atom. The minimum absolute atomic E-state index is 0.605. The molecule has 0 N–H and O–H groups in total. The van der Waals surface area contributed by atoms with Gasteiger partial charge in [0.25, 0.3) is 0 Å². The first-order valence-corrected chi connectivity index (χ1v) is 18.4. The first kappa shape index (κ1) is 34.2. The van der Waals surface area contributed by atoms with Crippen LogP contribution in [0.4, 0.5) is 0 Å². The van der Waals surface area contributed by atoms with Crippen molar-refractivity contribution in [1.29, 1.82) is 0 Å². The van der Waals surface area contributed by atoms with Crippen LogP contribution in [0.2, 0.25) is 33.2 Å². The number of rotatable bonds is 6. The van der Waals surface area contributed by atoms with E-state index < -0.39 is 16.1 Å². The van der Waals surface area contributed by atoms with Gasteiger partial charge < -0.3 is 0 Å². The standard InChI is InChI=1S/C34H54Si2/c1-25(2)33(21-23-35(27(5)6,28(7)8)29(9)10)19-17-18-20-34(26(3)4)22-24-36(30(11)12,31(13)14)32(15)16/h27-32H,1-16H3. The van der Waals surface area contributed by atoms with E-state index in [0.29, 0.717) is 33.2 Å². The summed E-state index contributed by atoms with van der Waals surface area (Å²) in [6.45, 7) is 36.5. The van der Waals surface area contributed by atoms with Crippen LogP contribution in [0, 0.1) is 46.6 Å². The molecule has 0 amide bonds. The molecule has 0 nitrogen and oxygen atoms in total. The lowest BCUT2D eigenvalue weighted by Crippen LogP contribution is -2.43. The fraction of sp³-hybridized carbons (Fsp3) is 0.647. The molecule has 198 valence electrons. The number of allylic oxidation sites excluding steroid dienone is 4. The van der Waals surface area contributed by atoms with Crippen molar-refractivity contribution in [2.75, 3.05) is 0 Å². The molecule has 0 aliphatic heterocycles. The van der Waals surface area contributed by atoms with E-state index in [-0.39, 0.29) is 0 Å². The van der Waals surface area contributed by atoms with Crippen LogP contribution in [-0.4, -0.2) is 16.1 Å². The molecule has 0 aromatic carbocycles. The van der Waals surface area contributed by atoms with Crippen LogP contribution in [-0.2, 0) is 0 Å². The summed E-state index contributed by atoms with van der Waals surface area (Å²) in [5.41, 5.74) is 15.4. The second-order valence-electron chi connectivity index (χ2n) is 12.5. The molecule has 0 spiro atoms. The molecule has 0 atom stereocenters. The van der Waals surface area contributed by atoms with Gasteiger partial charge in [0, 0.05) is 0 Å². The fourth-order valence-electron chi connectivity index (χ4n) is 5.96. The molecule has 0 heterocycles. The number of hydrogen-bond acceptors (Lipinski definition) is 0. The molecule has 36 heavy (non-hydrogen) atoms. The van der Waals surface area contributed by atoms with Crippen molar-refractivity contribution in [2.45, 2.75) is 144 Å². The Morgan fingerprint density at radius 3 is 0.778 bits per heavy atom. The van der Waals surface area contributed by atoms with Crippen molar-refractivity contribution in [3.05, 3.63) is 22.3 Å². The Hall–Kier alpha value is -1.85. The molecule has 0 aromatic rings. The highest BCUT2D eigenvalue weighted by molar-refractivity contribution is 6.91. The predicted molar refractivity (Wildman–Crippen MR) is 170 cm³/mol. The molecule has 0 fully saturated rings. The molecule has 0 saturated carbocycles. The van der Waals surface area contributed by atoms with Crippen LogP contribution < -0.4 is 0 Å². The molecule has 0 unspecified atom stereocenters. The van der Waals surface area contributed by atoms with Crippen molar-refractivity contribution >= 4 is 16.1 Å². The first-order valence-electron chi connectivity index (χ1n) is 13.9. The molecule has 0 aliphatic rings. The van der Waals surface area contributed by atoms with Gasteiger partial charge in [-0.25, -0.2) is 0 Å². The minimum Gasteiger partial charge on any atom is -0.124 e. The van der Waals surface area contributed by atoms with E-state index in [9.17, 15) is 0 Å².